The van der Waals surface area contributed by atoms with Crippen molar-refractivity contribution in [2.24, 2.45) is 7.05 Å². The van der Waals surface area contributed by atoms with Crippen LogP contribution in [0.4, 0.5) is 0 Å². The molecule has 0 saturated carbocycles. The zero-order valence-corrected chi connectivity index (χ0v) is 18.0. The van der Waals surface area contributed by atoms with Crippen LogP contribution in [0.1, 0.15) is 40.4 Å². The molecule has 3 rings (SSSR count). The number of nitrogens with zero attached hydrogens (tertiary/aromatic N) is 2. The smallest absolute Gasteiger partial charge is 0.287 e. The van der Waals surface area contributed by atoms with E-state index >= 15 is 0 Å². The maximum absolute atomic E-state index is 12.6. The second-order valence-corrected chi connectivity index (χ2v) is 7.58. The maximum atomic E-state index is 12.6. The summed E-state index contributed by atoms with van der Waals surface area (Å²) in [4.78, 5) is 16.9. The molecule has 1 atom stereocenters. The molecule has 3 aromatic rings. The first kappa shape index (κ1) is 20.9. The highest BCUT2D eigenvalue weighted by atomic mass is 32.2. The number of nitrogens with one attached hydrogen (secondary N) is 1. The van der Waals surface area contributed by atoms with Crippen molar-refractivity contribution in [3.05, 3.63) is 59.3 Å². The molecule has 0 aliphatic heterocycles. The molecule has 7 nitrogen and oxygen atoms in total. The number of benzene rings is 1. The summed E-state index contributed by atoms with van der Waals surface area (Å²) in [6, 6.07) is 7.07. The predicted molar refractivity (Wildman–Crippen MR) is 112 cm³/mol. The predicted octanol–water partition coefficient (Wildman–Crippen LogP) is 4.12. The van der Waals surface area contributed by atoms with Crippen LogP contribution in [0, 0.1) is 6.92 Å². The highest BCUT2D eigenvalue weighted by Crippen LogP contribution is 2.33. The van der Waals surface area contributed by atoms with Crippen LogP contribution in [0.15, 0.2) is 46.2 Å². The Morgan fingerprint density at radius 1 is 1.28 bits per heavy atom. The lowest BCUT2D eigenvalue weighted by Crippen LogP contribution is -2.26. The fourth-order valence-electron chi connectivity index (χ4n) is 3.01. The van der Waals surface area contributed by atoms with Crippen LogP contribution < -0.4 is 14.8 Å². The molecule has 8 heteroatoms. The summed E-state index contributed by atoms with van der Waals surface area (Å²) in [6.07, 6.45) is 3.64. The standard InChI is InChI=1S/C21H25N3O4S/c1-13-10-18(26-4)19(27-5)11-16(13)14(2)23-20(25)17-7-6-15(28-17)12-29-21-22-8-9-24(21)3/h6-11,14H,12H2,1-5H3,(H,23,25). The molecule has 0 fully saturated rings. The van der Waals surface area contributed by atoms with Gasteiger partial charge in [-0.05, 0) is 49.2 Å². The summed E-state index contributed by atoms with van der Waals surface area (Å²) < 4.78 is 18.4. The maximum Gasteiger partial charge on any atom is 0.287 e. The average Bonchev–Trinajstić information content (AvgIpc) is 3.34. The van der Waals surface area contributed by atoms with Gasteiger partial charge in [0.1, 0.15) is 5.76 Å². The number of hydrogen-bond acceptors (Lipinski definition) is 6. The van der Waals surface area contributed by atoms with Gasteiger partial charge in [-0.2, -0.15) is 0 Å². The van der Waals surface area contributed by atoms with Crippen molar-refractivity contribution in [2.75, 3.05) is 14.2 Å². The molecule has 0 bridgehead atoms. The van der Waals surface area contributed by atoms with Crippen LogP contribution in [0.5, 0.6) is 11.5 Å². The minimum atomic E-state index is -0.264. The fraction of sp³-hybridized carbons (Fsp3) is 0.333. The van der Waals surface area contributed by atoms with Crippen molar-refractivity contribution in [3.8, 4) is 11.5 Å². The molecule has 0 aliphatic carbocycles. The van der Waals surface area contributed by atoms with Gasteiger partial charge in [-0.25, -0.2) is 4.98 Å². The molecule has 1 N–H and O–H groups in total. The first-order chi connectivity index (χ1) is 13.9. The molecular formula is C21H25N3O4S. The topological polar surface area (TPSA) is 78.5 Å². The lowest BCUT2D eigenvalue weighted by atomic mass is 10.0. The number of carbonyl (C=O) groups is 1. The first-order valence-electron chi connectivity index (χ1n) is 9.15. The number of aryl methyl sites for hydroxylation is 2. The summed E-state index contributed by atoms with van der Waals surface area (Å²) in [5.41, 5.74) is 1.95. The Bertz CT molecular complexity index is 996. The number of ether oxygens (including phenoxy) is 2. The third-order valence-corrected chi connectivity index (χ3v) is 5.67. The van der Waals surface area contributed by atoms with E-state index in [1.54, 1.807) is 38.2 Å². The summed E-state index contributed by atoms with van der Waals surface area (Å²) in [6.45, 7) is 3.90. The van der Waals surface area contributed by atoms with Crippen molar-refractivity contribution in [1.82, 2.24) is 14.9 Å². The van der Waals surface area contributed by atoms with Crippen LogP contribution in [-0.2, 0) is 12.8 Å². The highest BCUT2D eigenvalue weighted by Gasteiger charge is 2.18. The van der Waals surface area contributed by atoms with E-state index in [4.69, 9.17) is 13.9 Å². The zero-order valence-electron chi connectivity index (χ0n) is 17.2. The number of carbonyl (C=O) groups excluding carboxylic acids is 1. The number of methoxy groups -OCH3 is 2. The second kappa shape index (κ2) is 9.09. The van der Waals surface area contributed by atoms with Crippen molar-refractivity contribution in [2.45, 2.75) is 30.8 Å². The van der Waals surface area contributed by atoms with Crippen LogP contribution in [0.25, 0.3) is 0 Å². The third kappa shape index (κ3) is 4.76. The minimum absolute atomic E-state index is 0.224. The Morgan fingerprint density at radius 3 is 2.66 bits per heavy atom. The van der Waals surface area contributed by atoms with E-state index in [1.807, 2.05) is 49.9 Å². The van der Waals surface area contributed by atoms with E-state index in [1.165, 1.54) is 0 Å². The molecule has 2 heterocycles. The molecule has 0 radical (unpaired) electrons. The number of furan rings is 1. The van der Waals surface area contributed by atoms with Gasteiger partial charge in [0.05, 0.1) is 26.0 Å². The molecule has 0 aliphatic rings. The van der Waals surface area contributed by atoms with Crippen LogP contribution >= 0.6 is 11.8 Å². The zero-order chi connectivity index (χ0) is 21.0. The van der Waals surface area contributed by atoms with E-state index in [-0.39, 0.29) is 17.7 Å². The van der Waals surface area contributed by atoms with Crippen LogP contribution in [-0.4, -0.2) is 29.7 Å². The molecule has 0 spiro atoms. The molecule has 0 saturated heterocycles. The lowest BCUT2D eigenvalue weighted by Gasteiger charge is -2.18. The SMILES string of the molecule is COc1cc(C)c(C(C)NC(=O)c2ccc(CSc3nccn3C)o2)cc1OC. The Labute approximate surface area is 174 Å². The molecule has 1 unspecified atom stereocenters. The Hall–Kier alpha value is -2.87. The number of aromatic nitrogens is 2. The van der Waals surface area contributed by atoms with E-state index < -0.39 is 0 Å². The van der Waals surface area contributed by atoms with Gasteiger partial charge < -0.3 is 23.8 Å². The number of amides is 1. The van der Waals surface area contributed by atoms with E-state index in [2.05, 4.69) is 10.3 Å². The third-order valence-electron chi connectivity index (χ3n) is 4.59. The van der Waals surface area contributed by atoms with Crippen molar-refractivity contribution in [3.63, 3.8) is 0 Å². The molecular weight excluding hydrogens is 390 g/mol. The summed E-state index contributed by atoms with van der Waals surface area (Å²) in [5.74, 6) is 2.63. The van der Waals surface area contributed by atoms with Gasteiger partial charge in [-0.1, -0.05) is 11.8 Å². The molecule has 2 aromatic heterocycles. The number of imidazole rings is 1. The molecule has 29 heavy (non-hydrogen) atoms. The van der Waals surface area contributed by atoms with Crippen molar-refractivity contribution >= 4 is 17.7 Å². The second-order valence-electron chi connectivity index (χ2n) is 6.63. The summed E-state index contributed by atoms with van der Waals surface area (Å²) in [5, 5.41) is 3.88. The number of thioether (sulfide) groups is 1. The first-order valence-corrected chi connectivity index (χ1v) is 10.1. The van der Waals surface area contributed by atoms with E-state index in [0.717, 1.165) is 22.0 Å². The Balaban J connectivity index is 1.66. The number of rotatable bonds is 8. The van der Waals surface area contributed by atoms with Crippen molar-refractivity contribution < 1.29 is 18.7 Å². The minimum Gasteiger partial charge on any atom is -0.493 e. The Morgan fingerprint density at radius 2 is 2.00 bits per heavy atom. The van der Waals surface area contributed by atoms with Gasteiger partial charge in [0.2, 0.25) is 0 Å². The van der Waals surface area contributed by atoms with Gasteiger partial charge in [0.15, 0.2) is 22.4 Å². The number of hydrogen-bond donors (Lipinski definition) is 1. The average molecular weight is 416 g/mol. The lowest BCUT2D eigenvalue weighted by molar-refractivity contribution is 0.0910. The largest absolute Gasteiger partial charge is 0.493 e. The normalized spacial score (nSPS) is 11.9. The fourth-order valence-corrected chi connectivity index (χ4v) is 3.84. The molecule has 154 valence electrons. The molecule has 1 aromatic carbocycles. The highest BCUT2D eigenvalue weighted by molar-refractivity contribution is 7.98. The van der Waals surface area contributed by atoms with Gasteiger partial charge in [-0.3, -0.25) is 4.79 Å². The van der Waals surface area contributed by atoms with E-state index in [9.17, 15) is 4.79 Å². The van der Waals surface area contributed by atoms with Gasteiger partial charge in [-0.15, -0.1) is 0 Å². The van der Waals surface area contributed by atoms with Gasteiger partial charge in [0.25, 0.3) is 5.91 Å². The van der Waals surface area contributed by atoms with Crippen molar-refractivity contribution in [1.29, 1.82) is 0 Å². The monoisotopic (exact) mass is 415 g/mol. The van der Waals surface area contributed by atoms with Gasteiger partial charge >= 0.3 is 0 Å². The van der Waals surface area contributed by atoms with E-state index in [0.29, 0.717) is 17.3 Å². The van der Waals surface area contributed by atoms with Crippen LogP contribution in [0.2, 0.25) is 0 Å². The Kier molecular flexibility index (Phi) is 6.53. The summed E-state index contributed by atoms with van der Waals surface area (Å²) >= 11 is 1.55. The van der Waals surface area contributed by atoms with Crippen LogP contribution in [0.3, 0.4) is 0 Å². The summed E-state index contributed by atoms with van der Waals surface area (Å²) in [7, 11) is 5.13. The quantitative estimate of drug-likeness (QED) is 0.558. The molecule has 1 amide bonds. The van der Waals surface area contributed by atoms with Gasteiger partial charge in [0, 0.05) is 19.4 Å².